The van der Waals surface area contributed by atoms with Crippen LogP contribution in [0, 0.1) is 0 Å². The fourth-order valence-electron chi connectivity index (χ4n) is 3.96. The van der Waals surface area contributed by atoms with Gasteiger partial charge in [0.25, 0.3) is 0 Å². The number of aromatic nitrogens is 2. The minimum absolute atomic E-state index is 0.251. The van der Waals surface area contributed by atoms with Crippen LogP contribution < -0.4 is 25.4 Å². The number of nitrogens with zero attached hydrogens (tertiary/aromatic N) is 4. The number of thiazole rings is 1. The summed E-state index contributed by atoms with van der Waals surface area (Å²) in [7, 11) is 1.79. The molecule has 10 heteroatoms. The van der Waals surface area contributed by atoms with Gasteiger partial charge < -0.3 is 20.1 Å². The second-order valence-electron chi connectivity index (χ2n) is 7.18. The van der Waals surface area contributed by atoms with Crippen LogP contribution in [0.4, 0.5) is 10.8 Å². The Labute approximate surface area is 169 Å². The molecule has 1 atom stereocenters. The Morgan fingerprint density at radius 3 is 3.03 bits per heavy atom. The number of carbonyl (C=O) groups is 1. The van der Waals surface area contributed by atoms with Gasteiger partial charge in [0, 0.05) is 44.0 Å². The van der Waals surface area contributed by atoms with E-state index in [0.717, 1.165) is 30.3 Å². The van der Waals surface area contributed by atoms with E-state index in [1.807, 2.05) is 11.4 Å². The van der Waals surface area contributed by atoms with Crippen molar-refractivity contribution in [3.63, 3.8) is 0 Å². The molecule has 150 valence electrons. The van der Waals surface area contributed by atoms with Crippen LogP contribution in [0.25, 0.3) is 10.9 Å². The van der Waals surface area contributed by atoms with Crippen LogP contribution in [0.2, 0.25) is 0 Å². The molecule has 1 aromatic carbocycles. The topological polar surface area (TPSA) is 99.9 Å². The Morgan fingerprint density at radius 2 is 2.28 bits per heavy atom. The highest BCUT2D eigenvalue weighted by Crippen LogP contribution is 2.39. The van der Waals surface area contributed by atoms with E-state index in [1.165, 1.54) is 6.20 Å². The number of pyridine rings is 1. The first kappa shape index (κ1) is 17.8. The molecule has 2 N–H and O–H groups in total. The second-order valence-corrected chi connectivity index (χ2v) is 8.07. The molecule has 5 rings (SSSR count). The van der Waals surface area contributed by atoms with E-state index in [1.54, 1.807) is 40.3 Å². The average Bonchev–Trinajstić information content (AvgIpc) is 3.38. The number of nitrogens with one attached hydrogen (secondary N) is 1. The Morgan fingerprint density at radius 1 is 1.41 bits per heavy atom. The number of hydrogen-bond donors (Lipinski definition) is 2. The lowest BCUT2D eigenvalue weighted by Gasteiger charge is -2.33. The number of hydrogen-bond acceptors (Lipinski definition) is 8. The fraction of sp³-hybridized carbons (Fsp3) is 0.316. The molecule has 2 aliphatic rings. The van der Waals surface area contributed by atoms with E-state index < -0.39 is 11.4 Å². The van der Waals surface area contributed by atoms with Crippen LogP contribution >= 0.6 is 11.3 Å². The van der Waals surface area contributed by atoms with Crippen molar-refractivity contribution >= 4 is 39.0 Å². The van der Waals surface area contributed by atoms with Crippen molar-refractivity contribution in [1.82, 2.24) is 9.66 Å². The number of aromatic carboxylic acids is 1. The maximum absolute atomic E-state index is 12.7. The molecule has 0 amide bonds. The maximum Gasteiger partial charge on any atom is 0.341 e. The van der Waals surface area contributed by atoms with E-state index in [2.05, 4.69) is 15.2 Å². The maximum atomic E-state index is 12.7. The molecule has 0 unspecified atom stereocenters. The van der Waals surface area contributed by atoms with Crippen molar-refractivity contribution in [1.29, 1.82) is 0 Å². The van der Waals surface area contributed by atoms with Crippen molar-refractivity contribution in [3.8, 4) is 5.75 Å². The van der Waals surface area contributed by atoms with Gasteiger partial charge in [-0.2, -0.15) is 0 Å². The first-order chi connectivity index (χ1) is 14.0. The molecule has 4 heterocycles. The molecule has 0 spiro atoms. The quantitative estimate of drug-likeness (QED) is 0.668. The van der Waals surface area contributed by atoms with Gasteiger partial charge in [0.15, 0.2) is 17.6 Å². The first-order valence-electron chi connectivity index (χ1n) is 9.24. The van der Waals surface area contributed by atoms with Crippen molar-refractivity contribution in [3.05, 3.63) is 45.7 Å². The molecule has 0 bridgehead atoms. The predicted octanol–water partition coefficient (Wildman–Crippen LogP) is 1.76. The monoisotopic (exact) mass is 413 g/mol. The molecular weight excluding hydrogens is 394 g/mol. The number of anilines is 2. The highest BCUT2D eigenvalue weighted by atomic mass is 32.1. The smallest absolute Gasteiger partial charge is 0.341 e. The summed E-state index contributed by atoms with van der Waals surface area (Å²) in [6.07, 6.45) is 4.11. The van der Waals surface area contributed by atoms with E-state index >= 15 is 0 Å². The van der Waals surface area contributed by atoms with Crippen LogP contribution in [-0.4, -0.2) is 53.6 Å². The minimum atomic E-state index is -1.23. The standard InChI is InChI=1S/C19H19N5O4S/c1-22-10-28-17-14(23-6-4-11(8-23)21-19-20-5-7-29-19)3-2-12-15(17)24(22)9-13(16(12)25)18(26)27/h2-3,5,7,9,11H,4,6,8,10H2,1H3,(H,20,21)(H,26,27)/t11-/m1/s1. The number of benzene rings is 1. The summed E-state index contributed by atoms with van der Waals surface area (Å²) >= 11 is 1.58. The molecular formula is C19H19N5O4S. The summed E-state index contributed by atoms with van der Waals surface area (Å²) in [6.45, 7) is 1.89. The third-order valence-electron chi connectivity index (χ3n) is 5.36. The number of carboxylic acid groups (broad SMARTS) is 1. The van der Waals surface area contributed by atoms with Crippen LogP contribution in [-0.2, 0) is 0 Å². The zero-order chi connectivity index (χ0) is 20.1. The van der Waals surface area contributed by atoms with E-state index in [0.29, 0.717) is 16.7 Å². The van der Waals surface area contributed by atoms with E-state index in [4.69, 9.17) is 4.74 Å². The molecule has 0 saturated carbocycles. The van der Waals surface area contributed by atoms with E-state index in [9.17, 15) is 14.7 Å². The van der Waals surface area contributed by atoms with Gasteiger partial charge in [-0.15, -0.1) is 11.3 Å². The second kappa shape index (κ2) is 6.66. The normalized spacial score (nSPS) is 18.2. The molecule has 2 aliphatic heterocycles. The van der Waals surface area contributed by atoms with E-state index in [-0.39, 0.29) is 18.3 Å². The van der Waals surface area contributed by atoms with Gasteiger partial charge in [0.05, 0.1) is 11.1 Å². The van der Waals surface area contributed by atoms with Gasteiger partial charge in [0.2, 0.25) is 5.43 Å². The first-order valence-corrected chi connectivity index (χ1v) is 10.1. The SMILES string of the molecule is CN1COc2c(N3CC[C@@H](Nc4nccs4)C3)ccc3c(=O)c(C(=O)O)cn1c23. The van der Waals surface area contributed by atoms with Gasteiger partial charge in [-0.25, -0.2) is 9.78 Å². The average molecular weight is 413 g/mol. The summed E-state index contributed by atoms with van der Waals surface area (Å²) in [5.74, 6) is -0.619. The summed E-state index contributed by atoms with van der Waals surface area (Å²) in [6, 6.07) is 3.82. The molecule has 0 radical (unpaired) electrons. The number of ether oxygens (including phenoxy) is 1. The summed E-state index contributed by atoms with van der Waals surface area (Å²) in [5.41, 5.74) is 0.756. The van der Waals surface area contributed by atoms with Crippen LogP contribution in [0.1, 0.15) is 16.8 Å². The largest absolute Gasteiger partial charge is 0.477 e. The molecule has 1 saturated heterocycles. The zero-order valence-corrected chi connectivity index (χ0v) is 16.5. The Kier molecular flexibility index (Phi) is 4.09. The molecule has 1 fully saturated rings. The molecule has 3 aromatic rings. The van der Waals surface area contributed by atoms with Crippen molar-refractivity contribution < 1.29 is 14.6 Å². The Balaban J connectivity index is 1.56. The van der Waals surface area contributed by atoms with Crippen molar-refractivity contribution in [2.75, 3.05) is 42.1 Å². The Hall–Kier alpha value is -3.27. The molecule has 9 nitrogen and oxygen atoms in total. The third-order valence-corrected chi connectivity index (χ3v) is 6.07. The summed E-state index contributed by atoms with van der Waals surface area (Å²) < 4.78 is 7.69. The summed E-state index contributed by atoms with van der Waals surface area (Å²) in [4.78, 5) is 30.7. The highest BCUT2D eigenvalue weighted by Gasteiger charge is 2.30. The zero-order valence-electron chi connectivity index (χ0n) is 15.7. The van der Waals surface area contributed by atoms with Crippen LogP contribution in [0.5, 0.6) is 5.75 Å². The molecule has 29 heavy (non-hydrogen) atoms. The lowest BCUT2D eigenvalue weighted by molar-refractivity contribution is 0.0694. The van der Waals surface area contributed by atoms with Gasteiger partial charge >= 0.3 is 5.97 Å². The number of rotatable bonds is 4. The van der Waals surface area contributed by atoms with Gasteiger partial charge in [-0.3, -0.25) is 14.5 Å². The summed E-state index contributed by atoms with van der Waals surface area (Å²) in [5, 5.41) is 17.8. The van der Waals surface area contributed by atoms with Crippen LogP contribution in [0.15, 0.2) is 34.7 Å². The Bertz CT molecular complexity index is 1160. The van der Waals surface area contributed by atoms with Gasteiger partial charge in [-0.05, 0) is 18.6 Å². The lowest BCUT2D eigenvalue weighted by atomic mass is 10.1. The van der Waals surface area contributed by atoms with Crippen LogP contribution in [0.3, 0.4) is 0 Å². The lowest BCUT2D eigenvalue weighted by Crippen LogP contribution is -2.40. The van der Waals surface area contributed by atoms with Crippen molar-refractivity contribution in [2.24, 2.45) is 0 Å². The molecule has 2 aromatic heterocycles. The third kappa shape index (κ3) is 2.87. The van der Waals surface area contributed by atoms with Gasteiger partial charge in [-0.1, -0.05) is 0 Å². The van der Waals surface area contributed by atoms with Crippen molar-refractivity contribution in [2.45, 2.75) is 12.5 Å². The predicted molar refractivity (Wildman–Crippen MR) is 111 cm³/mol. The minimum Gasteiger partial charge on any atom is -0.477 e. The number of carboxylic acids is 1. The fourth-order valence-corrected chi connectivity index (χ4v) is 4.57. The highest BCUT2D eigenvalue weighted by molar-refractivity contribution is 7.13. The molecule has 0 aliphatic carbocycles. The van der Waals surface area contributed by atoms with Gasteiger partial charge in [0.1, 0.15) is 11.1 Å².